The molecule has 1 aliphatic heterocycles. The van der Waals surface area contributed by atoms with Gasteiger partial charge in [0.15, 0.2) is 0 Å². The molecule has 0 aromatic rings. The van der Waals surface area contributed by atoms with Gasteiger partial charge < -0.3 is 14.5 Å². The molecule has 1 saturated heterocycles. The molecular weight excluding hydrogens is 236 g/mol. The third kappa shape index (κ3) is 4.35. The first-order valence-electron chi connectivity index (χ1n) is 6.23. The molecule has 2 amide bonds. The van der Waals surface area contributed by atoms with Crippen LogP contribution in [0.25, 0.3) is 0 Å². The van der Waals surface area contributed by atoms with E-state index >= 15 is 0 Å². The molecule has 6 nitrogen and oxygen atoms in total. The van der Waals surface area contributed by atoms with Gasteiger partial charge in [0.25, 0.3) is 0 Å². The largest absolute Gasteiger partial charge is 0.465 e. The van der Waals surface area contributed by atoms with Crippen LogP contribution in [0.15, 0.2) is 0 Å². The van der Waals surface area contributed by atoms with Gasteiger partial charge in [-0.15, -0.1) is 0 Å². The van der Waals surface area contributed by atoms with Crippen LogP contribution in [0.2, 0.25) is 0 Å². The SMILES string of the molecule is CCOC(=O)CN1CCCN(CCC(C)=O)C1=O. The van der Waals surface area contributed by atoms with Crippen molar-refractivity contribution >= 4 is 17.8 Å². The molecule has 102 valence electrons. The molecular formula is C12H20N2O4. The molecule has 0 aromatic heterocycles. The topological polar surface area (TPSA) is 66.9 Å². The normalized spacial score (nSPS) is 15.8. The maximum atomic E-state index is 12.0. The van der Waals surface area contributed by atoms with Crippen LogP contribution in [-0.4, -0.2) is 60.4 Å². The molecule has 18 heavy (non-hydrogen) atoms. The number of Topliss-reactive ketones (excluding diaryl/α,β-unsaturated/α-hetero) is 1. The van der Waals surface area contributed by atoms with Gasteiger partial charge in [-0.05, 0) is 20.3 Å². The molecule has 0 unspecified atom stereocenters. The Labute approximate surface area is 107 Å². The molecule has 0 spiro atoms. The Bertz CT molecular complexity index is 330. The third-order valence-corrected chi connectivity index (χ3v) is 2.76. The fourth-order valence-corrected chi connectivity index (χ4v) is 1.85. The van der Waals surface area contributed by atoms with Crippen molar-refractivity contribution in [1.29, 1.82) is 0 Å². The van der Waals surface area contributed by atoms with Gasteiger partial charge in [-0.2, -0.15) is 0 Å². The number of carbonyl (C=O) groups excluding carboxylic acids is 3. The second-order valence-electron chi connectivity index (χ2n) is 4.30. The van der Waals surface area contributed by atoms with Crippen molar-refractivity contribution in [1.82, 2.24) is 9.80 Å². The zero-order chi connectivity index (χ0) is 13.5. The summed E-state index contributed by atoms with van der Waals surface area (Å²) in [5, 5.41) is 0. The summed E-state index contributed by atoms with van der Waals surface area (Å²) in [6, 6.07) is -0.185. The number of nitrogens with zero attached hydrogens (tertiary/aromatic N) is 2. The molecule has 1 heterocycles. The predicted octanol–water partition coefficient (Wildman–Crippen LogP) is 0.656. The van der Waals surface area contributed by atoms with Crippen LogP contribution in [0, 0.1) is 0 Å². The fourth-order valence-electron chi connectivity index (χ4n) is 1.85. The Morgan fingerprint density at radius 1 is 1.28 bits per heavy atom. The summed E-state index contributed by atoms with van der Waals surface area (Å²) in [6.07, 6.45) is 1.17. The first kappa shape index (κ1) is 14.5. The van der Waals surface area contributed by atoms with Gasteiger partial charge in [0.2, 0.25) is 0 Å². The van der Waals surface area contributed by atoms with Crippen LogP contribution in [0.3, 0.4) is 0 Å². The minimum Gasteiger partial charge on any atom is -0.465 e. The van der Waals surface area contributed by atoms with E-state index in [1.165, 1.54) is 11.8 Å². The number of amides is 2. The van der Waals surface area contributed by atoms with Crippen molar-refractivity contribution in [2.45, 2.75) is 26.7 Å². The maximum Gasteiger partial charge on any atom is 0.325 e. The zero-order valence-electron chi connectivity index (χ0n) is 11.0. The third-order valence-electron chi connectivity index (χ3n) is 2.76. The summed E-state index contributed by atoms with van der Waals surface area (Å²) < 4.78 is 4.82. The second-order valence-corrected chi connectivity index (χ2v) is 4.30. The summed E-state index contributed by atoms with van der Waals surface area (Å²) in [7, 11) is 0. The molecule has 1 aliphatic rings. The Morgan fingerprint density at radius 3 is 2.56 bits per heavy atom. The zero-order valence-corrected chi connectivity index (χ0v) is 11.0. The quantitative estimate of drug-likeness (QED) is 0.655. The van der Waals surface area contributed by atoms with E-state index in [1.807, 2.05) is 0 Å². The van der Waals surface area contributed by atoms with Crippen LogP contribution < -0.4 is 0 Å². The summed E-state index contributed by atoms with van der Waals surface area (Å²) >= 11 is 0. The highest BCUT2D eigenvalue weighted by Crippen LogP contribution is 2.09. The highest BCUT2D eigenvalue weighted by atomic mass is 16.5. The van der Waals surface area contributed by atoms with Crippen LogP contribution in [0.4, 0.5) is 4.79 Å². The first-order valence-corrected chi connectivity index (χ1v) is 6.23. The molecule has 0 radical (unpaired) electrons. The summed E-state index contributed by atoms with van der Waals surface area (Å²) in [6.45, 7) is 5.17. The smallest absolute Gasteiger partial charge is 0.325 e. The molecule has 0 saturated carbocycles. The summed E-state index contributed by atoms with van der Waals surface area (Å²) in [5.74, 6) is -0.329. The van der Waals surface area contributed by atoms with Crippen LogP contribution >= 0.6 is 0 Å². The van der Waals surface area contributed by atoms with E-state index in [0.717, 1.165) is 6.42 Å². The highest BCUT2D eigenvalue weighted by Gasteiger charge is 2.27. The fraction of sp³-hybridized carbons (Fsp3) is 0.750. The van der Waals surface area contributed by atoms with E-state index in [4.69, 9.17) is 4.74 Å². The Kier molecular flexibility index (Phi) is 5.61. The van der Waals surface area contributed by atoms with Gasteiger partial charge in [0, 0.05) is 26.1 Å². The first-order chi connectivity index (χ1) is 8.54. The second kappa shape index (κ2) is 6.98. The maximum absolute atomic E-state index is 12.0. The molecule has 0 N–H and O–H groups in total. The van der Waals surface area contributed by atoms with E-state index < -0.39 is 0 Å². The van der Waals surface area contributed by atoms with Crippen molar-refractivity contribution in [3.8, 4) is 0 Å². The number of hydrogen-bond acceptors (Lipinski definition) is 4. The Morgan fingerprint density at radius 2 is 1.94 bits per heavy atom. The van der Waals surface area contributed by atoms with Gasteiger partial charge in [0.1, 0.15) is 12.3 Å². The van der Waals surface area contributed by atoms with Crippen LogP contribution in [-0.2, 0) is 14.3 Å². The molecule has 0 aromatic carbocycles. The molecule has 6 heteroatoms. The molecule has 0 atom stereocenters. The van der Waals surface area contributed by atoms with E-state index in [9.17, 15) is 14.4 Å². The van der Waals surface area contributed by atoms with Gasteiger partial charge >= 0.3 is 12.0 Å². The Balaban J connectivity index is 2.47. The number of carbonyl (C=O) groups is 3. The van der Waals surface area contributed by atoms with E-state index in [-0.39, 0.29) is 24.3 Å². The van der Waals surface area contributed by atoms with Crippen molar-refractivity contribution in [3.05, 3.63) is 0 Å². The number of rotatable bonds is 6. The van der Waals surface area contributed by atoms with Gasteiger partial charge in [-0.25, -0.2) is 4.79 Å². The van der Waals surface area contributed by atoms with Crippen molar-refractivity contribution in [2.24, 2.45) is 0 Å². The molecule has 0 aliphatic carbocycles. The number of esters is 1. The number of ketones is 1. The average Bonchev–Trinajstić information content (AvgIpc) is 2.30. The van der Waals surface area contributed by atoms with E-state index in [0.29, 0.717) is 32.7 Å². The minimum absolute atomic E-state index is 0.0107. The minimum atomic E-state index is -0.390. The van der Waals surface area contributed by atoms with Gasteiger partial charge in [-0.3, -0.25) is 9.59 Å². The number of hydrogen-bond donors (Lipinski definition) is 0. The van der Waals surface area contributed by atoms with Gasteiger partial charge in [0.05, 0.1) is 6.61 Å². The molecule has 1 fully saturated rings. The summed E-state index contributed by atoms with van der Waals surface area (Å²) in [5.41, 5.74) is 0. The molecule has 0 bridgehead atoms. The lowest BCUT2D eigenvalue weighted by Gasteiger charge is -2.34. The Hall–Kier alpha value is -1.59. The van der Waals surface area contributed by atoms with Gasteiger partial charge in [-0.1, -0.05) is 0 Å². The van der Waals surface area contributed by atoms with Crippen molar-refractivity contribution in [3.63, 3.8) is 0 Å². The van der Waals surface area contributed by atoms with Crippen LogP contribution in [0.5, 0.6) is 0 Å². The van der Waals surface area contributed by atoms with Crippen molar-refractivity contribution < 1.29 is 19.1 Å². The lowest BCUT2D eigenvalue weighted by molar-refractivity contribution is -0.144. The number of urea groups is 1. The highest BCUT2D eigenvalue weighted by molar-refractivity contribution is 5.82. The lowest BCUT2D eigenvalue weighted by atomic mass is 10.2. The lowest BCUT2D eigenvalue weighted by Crippen LogP contribution is -2.51. The monoisotopic (exact) mass is 256 g/mol. The predicted molar refractivity (Wildman–Crippen MR) is 65.1 cm³/mol. The standard InChI is InChI=1S/C12H20N2O4/c1-3-18-11(16)9-14-7-4-6-13(12(14)17)8-5-10(2)15/h3-9H2,1-2H3. The van der Waals surface area contributed by atoms with Crippen molar-refractivity contribution in [2.75, 3.05) is 32.8 Å². The number of ether oxygens (including phenoxy) is 1. The summed E-state index contributed by atoms with van der Waals surface area (Å²) in [4.78, 5) is 37.4. The van der Waals surface area contributed by atoms with E-state index in [2.05, 4.69) is 0 Å². The van der Waals surface area contributed by atoms with E-state index in [1.54, 1.807) is 11.8 Å². The van der Waals surface area contributed by atoms with Crippen LogP contribution in [0.1, 0.15) is 26.7 Å². The average molecular weight is 256 g/mol. The molecule has 1 rings (SSSR count).